The number of halogens is 1. The number of nitrogens with zero attached hydrogens (tertiary/aromatic N) is 2. The highest BCUT2D eigenvalue weighted by molar-refractivity contribution is 7.80. The number of aryl methyl sites for hydroxylation is 1. The third kappa shape index (κ3) is 5.01. The molecule has 130 valence electrons. The van der Waals surface area contributed by atoms with E-state index in [0.717, 1.165) is 35.6 Å². The van der Waals surface area contributed by atoms with E-state index in [0.29, 0.717) is 18.3 Å². The van der Waals surface area contributed by atoms with E-state index in [1.165, 1.54) is 12.1 Å². The predicted octanol–water partition coefficient (Wildman–Crippen LogP) is 3.01. The summed E-state index contributed by atoms with van der Waals surface area (Å²) in [5.74, 6) is -0.242. The number of hydrogen-bond donors (Lipinski definition) is 2. The van der Waals surface area contributed by atoms with Crippen molar-refractivity contribution in [1.82, 2.24) is 15.1 Å². The Balaban J connectivity index is 2.02. The van der Waals surface area contributed by atoms with Crippen LogP contribution in [0.3, 0.4) is 0 Å². The Hall–Kier alpha value is -1.99. The van der Waals surface area contributed by atoms with E-state index < -0.39 is 0 Å². The fourth-order valence-electron chi connectivity index (χ4n) is 2.42. The number of ether oxygens (including phenoxy) is 1. The van der Waals surface area contributed by atoms with Crippen LogP contribution in [-0.2, 0) is 11.3 Å². The van der Waals surface area contributed by atoms with Crippen molar-refractivity contribution in [3.05, 3.63) is 47.0 Å². The van der Waals surface area contributed by atoms with Gasteiger partial charge in [-0.2, -0.15) is 5.10 Å². The van der Waals surface area contributed by atoms with E-state index in [1.807, 2.05) is 24.6 Å². The van der Waals surface area contributed by atoms with E-state index in [-0.39, 0.29) is 5.82 Å². The van der Waals surface area contributed by atoms with Crippen molar-refractivity contribution in [3.63, 3.8) is 0 Å². The molecule has 7 heteroatoms. The minimum atomic E-state index is -0.242. The molecule has 0 aliphatic rings. The molecule has 0 aliphatic carbocycles. The second kappa shape index (κ2) is 8.75. The van der Waals surface area contributed by atoms with Crippen molar-refractivity contribution in [1.29, 1.82) is 0 Å². The molecule has 2 N–H and O–H groups in total. The molecule has 0 saturated carbocycles. The first-order chi connectivity index (χ1) is 11.5. The van der Waals surface area contributed by atoms with E-state index >= 15 is 0 Å². The summed E-state index contributed by atoms with van der Waals surface area (Å²) >= 11 is 5.31. The smallest absolute Gasteiger partial charge is 0.170 e. The molecular formula is C17H23FN4OS. The van der Waals surface area contributed by atoms with Gasteiger partial charge in [0.2, 0.25) is 0 Å². The van der Waals surface area contributed by atoms with Gasteiger partial charge in [-0.05, 0) is 50.2 Å². The number of hydrogen-bond acceptors (Lipinski definition) is 3. The van der Waals surface area contributed by atoms with E-state index in [4.69, 9.17) is 17.0 Å². The largest absolute Gasteiger partial charge is 0.385 e. The number of aromatic nitrogens is 2. The zero-order chi connectivity index (χ0) is 17.5. The van der Waals surface area contributed by atoms with Crippen LogP contribution in [-0.4, -0.2) is 35.2 Å². The van der Waals surface area contributed by atoms with Crippen molar-refractivity contribution >= 4 is 23.0 Å². The third-order valence-electron chi connectivity index (χ3n) is 3.65. The summed E-state index contributed by atoms with van der Waals surface area (Å²) in [4.78, 5) is 0. The summed E-state index contributed by atoms with van der Waals surface area (Å²) in [6, 6.07) is 6.54. The highest BCUT2D eigenvalue weighted by Gasteiger charge is 2.13. The van der Waals surface area contributed by atoms with Crippen molar-refractivity contribution in [2.75, 3.05) is 25.6 Å². The Kier molecular flexibility index (Phi) is 6.69. The lowest BCUT2D eigenvalue weighted by atomic mass is 10.2. The Bertz CT molecular complexity index is 702. The van der Waals surface area contributed by atoms with E-state index in [1.54, 1.807) is 13.2 Å². The quantitative estimate of drug-likeness (QED) is 0.594. The van der Waals surface area contributed by atoms with Crippen LogP contribution in [0.5, 0.6) is 0 Å². The molecule has 0 aliphatic heterocycles. The molecule has 0 amide bonds. The van der Waals surface area contributed by atoms with Crippen molar-refractivity contribution < 1.29 is 9.13 Å². The molecule has 1 heterocycles. The summed E-state index contributed by atoms with van der Waals surface area (Å²) in [7, 11) is 1.68. The molecule has 24 heavy (non-hydrogen) atoms. The first-order valence-electron chi connectivity index (χ1n) is 7.83. The molecule has 1 aromatic carbocycles. The number of rotatable bonds is 7. The molecule has 2 rings (SSSR count). The molecule has 0 fully saturated rings. The lowest BCUT2D eigenvalue weighted by Gasteiger charge is -2.11. The highest BCUT2D eigenvalue weighted by Crippen LogP contribution is 2.20. The van der Waals surface area contributed by atoms with Gasteiger partial charge >= 0.3 is 0 Å². The number of thiocarbonyl (C=S) groups is 1. The second-order valence-electron chi connectivity index (χ2n) is 5.56. The molecule has 0 bridgehead atoms. The molecule has 1 aromatic heterocycles. The Morgan fingerprint density at radius 1 is 1.38 bits per heavy atom. The van der Waals surface area contributed by atoms with Crippen LogP contribution < -0.4 is 10.6 Å². The van der Waals surface area contributed by atoms with Gasteiger partial charge in [-0.1, -0.05) is 12.1 Å². The van der Waals surface area contributed by atoms with Crippen LogP contribution in [0.25, 0.3) is 0 Å². The van der Waals surface area contributed by atoms with Gasteiger partial charge in [-0.3, -0.25) is 4.68 Å². The van der Waals surface area contributed by atoms with Gasteiger partial charge in [0.15, 0.2) is 5.11 Å². The summed E-state index contributed by atoms with van der Waals surface area (Å²) < 4.78 is 20.2. The molecule has 5 nitrogen and oxygen atoms in total. The molecule has 0 spiro atoms. The first-order valence-corrected chi connectivity index (χ1v) is 8.24. The maximum absolute atomic E-state index is 13.3. The number of nitrogens with one attached hydrogen (secondary N) is 2. The van der Waals surface area contributed by atoms with Gasteiger partial charge in [0.25, 0.3) is 0 Å². The highest BCUT2D eigenvalue weighted by atomic mass is 32.1. The Morgan fingerprint density at radius 3 is 2.88 bits per heavy atom. The maximum Gasteiger partial charge on any atom is 0.170 e. The van der Waals surface area contributed by atoms with Gasteiger partial charge in [0.05, 0.1) is 23.6 Å². The normalized spacial score (nSPS) is 10.7. The summed E-state index contributed by atoms with van der Waals surface area (Å²) in [6.45, 7) is 5.84. The molecule has 0 unspecified atom stereocenters. The minimum Gasteiger partial charge on any atom is -0.385 e. The average molecular weight is 350 g/mol. The number of anilines is 1. The average Bonchev–Trinajstić information content (AvgIpc) is 2.79. The van der Waals surface area contributed by atoms with Crippen LogP contribution in [0.1, 0.15) is 23.4 Å². The van der Waals surface area contributed by atoms with Gasteiger partial charge in [0, 0.05) is 20.3 Å². The van der Waals surface area contributed by atoms with Gasteiger partial charge < -0.3 is 15.4 Å². The van der Waals surface area contributed by atoms with Crippen molar-refractivity contribution in [2.24, 2.45) is 0 Å². The summed E-state index contributed by atoms with van der Waals surface area (Å²) in [6.07, 6.45) is 0.884. The number of benzene rings is 1. The van der Waals surface area contributed by atoms with Gasteiger partial charge in [0.1, 0.15) is 5.82 Å². The standard InChI is InChI=1S/C17H23FN4OS/c1-12-16(20-17(24)19-8-5-9-23-3)13(2)22(21-12)11-14-6-4-7-15(18)10-14/h4,6-7,10H,5,8-9,11H2,1-3H3,(H2,19,20,24). The van der Waals surface area contributed by atoms with Crippen LogP contribution >= 0.6 is 12.2 Å². The molecule has 0 radical (unpaired) electrons. The third-order valence-corrected chi connectivity index (χ3v) is 3.90. The van der Waals surface area contributed by atoms with Crippen LogP contribution in [0.2, 0.25) is 0 Å². The SMILES string of the molecule is COCCCNC(=S)Nc1c(C)nn(Cc2cccc(F)c2)c1C. The molecule has 0 saturated heterocycles. The Morgan fingerprint density at radius 2 is 2.17 bits per heavy atom. The van der Waals surface area contributed by atoms with Gasteiger partial charge in [-0.15, -0.1) is 0 Å². The molecular weight excluding hydrogens is 327 g/mol. The predicted molar refractivity (Wildman–Crippen MR) is 97.9 cm³/mol. The van der Waals surface area contributed by atoms with Crippen LogP contribution in [0.15, 0.2) is 24.3 Å². The number of methoxy groups -OCH3 is 1. The topological polar surface area (TPSA) is 51.1 Å². The monoisotopic (exact) mass is 350 g/mol. The fraction of sp³-hybridized carbons (Fsp3) is 0.412. The molecule has 0 atom stereocenters. The second-order valence-corrected chi connectivity index (χ2v) is 5.97. The Labute approximate surface area is 147 Å². The fourth-order valence-corrected chi connectivity index (χ4v) is 2.62. The lowest BCUT2D eigenvalue weighted by Crippen LogP contribution is -2.30. The maximum atomic E-state index is 13.3. The van der Waals surface area contributed by atoms with Crippen molar-refractivity contribution in [3.8, 4) is 0 Å². The van der Waals surface area contributed by atoms with Crippen LogP contribution in [0, 0.1) is 19.7 Å². The first kappa shape index (κ1) is 18.4. The summed E-state index contributed by atoms with van der Waals surface area (Å²) in [5.41, 5.74) is 3.56. The molecule has 2 aromatic rings. The zero-order valence-electron chi connectivity index (χ0n) is 14.2. The zero-order valence-corrected chi connectivity index (χ0v) is 15.0. The lowest BCUT2D eigenvalue weighted by molar-refractivity contribution is 0.196. The van der Waals surface area contributed by atoms with Gasteiger partial charge in [-0.25, -0.2) is 4.39 Å². The van der Waals surface area contributed by atoms with Crippen molar-refractivity contribution in [2.45, 2.75) is 26.8 Å². The van der Waals surface area contributed by atoms with E-state index in [9.17, 15) is 4.39 Å². The van der Waals surface area contributed by atoms with Crippen LogP contribution in [0.4, 0.5) is 10.1 Å². The van der Waals surface area contributed by atoms with E-state index in [2.05, 4.69) is 15.7 Å². The summed E-state index contributed by atoms with van der Waals surface area (Å²) in [5, 5.41) is 11.4. The minimum absolute atomic E-state index is 0.242.